The van der Waals surface area contributed by atoms with Crippen molar-refractivity contribution >= 4 is 28.8 Å². The summed E-state index contributed by atoms with van der Waals surface area (Å²) in [5, 5.41) is 11.2. The fraction of sp³-hybridized carbons (Fsp3) is 0.261. The number of halogens is 2. The fourth-order valence-electron chi connectivity index (χ4n) is 3.93. The smallest absolute Gasteiger partial charge is 0.409 e. The van der Waals surface area contributed by atoms with E-state index in [-0.39, 0.29) is 17.3 Å². The van der Waals surface area contributed by atoms with Crippen LogP contribution < -0.4 is 15.0 Å². The van der Waals surface area contributed by atoms with Gasteiger partial charge in [0.2, 0.25) is 11.9 Å². The molecule has 13 heteroatoms. The molecule has 1 amide bonds. The number of hydrogen-bond acceptors (Lipinski definition) is 8. The number of ether oxygens (including phenoxy) is 2. The van der Waals surface area contributed by atoms with Crippen LogP contribution in [0.4, 0.5) is 25.2 Å². The quantitative estimate of drug-likeness (QED) is 0.409. The lowest BCUT2D eigenvalue weighted by Gasteiger charge is -2.27. The molecule has 2 aromatic carbocycles. The number of nitrogens with one attached hydrogen (secondary N) is 1. The predicted molar refractivity (Wildman–Crippen MR) is 126 cm³/mol. The number of rotatable bonds is 6. The number of methoxy groups -OCH3 is 1. The average molecular weight is 497 g/mol. The second-order valence-corrected chi connectivity index (χ2v) is 7.80. The van der Waals surface area contributed by atoms with Crippen molar-refractivity contribution < 1.29 is 28.2 Å². The number of carbonyl (C=O) groups is 1. The Labute approximate surface area is 203 Å². The molecule has 3 heterocycles. The summed E-state index contributed by atoms with van der Waals surface area (Å²) < 4.78 is 40.2. The van der Waals surface area contributed by atoms with Gasteiger partial charge < -0.3 is 19.5 Å². The molecule has 0 radical (unpaired) electrons. The SMILES string of the molecule is COc1cccc2c1nc(C(F)F)n2-c1nc(-c2ccc(NC(=O)O)cc2)nc(N2CCOCC2)n1. The monoisotopic (exact) mass is 497 g/mol. The summed E-state index contributed by atoms with van der Waals surface area (Å²) in [7, 11) is 1.44. The van der Waals surface area contributed by atoms with Crippen LogP contribution in [-0.2, 0) is 4.74 Å². The molecule has 0 unspecified atom stereocenters. The number of imidazole rings is 1. The van der Waals surface area contributed by atoms with E-state index < -0.39 is 18.3 Å². The van der Waals surface area contributed by atoms with Crippen LogP contribution in [-0.4, -0.2) is 69.1 Å². The molecule has 1 fully saturated rings. The van der Waals surface area contributed by atoms with Crippen molar-refractivity contribution in [2.75, 3.05) is 43.6 Å². The van der Waals surface area contributed by atoms with Gasteiger partial charge >= 0.3 is 6.09 Å². The Morgan fingerprint density at radius 1 is 1.06 bits per heavy atom. The van der Waals surface area contributed by atoms with E-state index in [0.717, 1.165) is 0 Å². The highest BCUT2D eigenvalue weighted by Gasteiger charge is 2.26. The summed E-state index contributed by atoms with van der Waals surface area (Å²) in [6, 6.07) is 11.3. The van der Waals surface area contributed by atoms with Gasteiger partial charge in [-0.3, -0.25) is 9.88 Å². The molecular weight excluding hydrogens is 476 g/mol. The summed E-state index contributed by atoms with van der Waals surface area (Å²) in [6.07, 6.45) is -4.10. The van der Waals surface area contributed by atoms with Gasteiger partial charge in [0.1, 0.15) is 11.3 Å². The number of anilines is 2. The van der Waals surface area contributed by atoms with Crippen LogP contribution in [0.15, 0.2) is 42.5 Å². The van der Waals surface area contributed by atoms with Crippen LogP contribution in [0.1, 0.15) is 12.2 Å². The number of morpholine rings is 1. The Bertz CT molecular complexity index is 1410. The molecule has 5 rings (SSSR count). The Hall–Kier alpha value is -4.39. The maximum absolute atomic E-state index is 14.1. The summed E-state index contributed by atoms with van der Waals surface area (Å²) in [4.78, 5) is 30.6. The van der Waals surface area contributed by atoms with Crippen LogP contribution >= 0.6 is 0 Å². The number of fused-ring (bicyclic) bond motifs is 1. The minimum atomic E-state index is -2.91. The molecule has 36 heavy (non-hydrogen) atoms. The second-order valence-electron chi connectivity index (χ2n) is 7.80. The van der Waals surface area contributed by atoms with E-state index in [0.29, 0.717) is 54.8 Å². The van der Waals surface area contributed by atoms with Crippen LogP contribution in [0.5, 0.6) is 5.75 Å². The molecule has 11 nitrogen and oxygen atoms in total. The number of alkyl halides is 2. The number of hydrogen-bond donors (Lipinski definition) is 2. The van der Waals surface area contributed by atoms with Crippen molar-refractivity contribution in [1.29, 1.82) is 0 Å². The molecule has 1 aliphatic rings. The summed E-state index contributed by atoms with van der Waals surface area (Å²) in [5.41, 5.74) is 1.52. The third-order valence-electron chi connectivity index (χ3n) is 5.59. The zero-order valence-electron chi connectivity index (χ0n) is 19.1. The highest BCUT2D eigenvalue weighted by atomic mass is 19.3. The van der Waals surface area contributed by atoms with Crippen molar-refractivity contribution in [1.82, 2.24) is 24.5 Å². The van der Waals surface area contributed by atoms with Crippen LogP contribution in [0.2, 0.25) is 0 Å². The largest absolute Gasteiger partial charge is 0.494 e. The number of carboxylic acid groups (broad SMARTS) is 1. The lowest BCUT2D eigenvalue weighted by Crippen LogP contribution is -2.37. The molecule has 2 aromatic heterocycles. The summed E-state index contributed by atoms with van der Waals surface area (Å²) >= 11 is 0. The highest BCUT2D eigenvalue weighted by molar-refractivity contribution is 5.84. The standard InChI is InChI=1S/C23H21F2N7O4/c1-35-16-4-2-3-15-17(16)27-20(18(24)25)32(15)22-29-19(13-5-7-14(8-6-13)26-23(33)34)28-21(30-22)31-9-11-36-12-10-31/h2-8,18,26H,9-12H2,1H3,(H,33,34). The van der Waals surface area contributed by atoms with E-state index in [9.17, 15) is 13.6 Å². The first-order valence-corrected chi connectivity index (χ1v) is 11.0. The van der Waals surface area contributed by atoms with Gasteiger partial charge in [-0.2, -0.15) is 15.0 Å². The lowest BCUT2D eigenvalue weighted by atomic mass is 10.2. The highest BCUT2D eigenvalue weighted by Crippen LogP contribution is 2.32. The number of aromatic nitrogens is 5. The minimum absolute atomic E-state index is 0.0275. The first kappa shape index (κ1) is 23.4. The number of benzene rings is 2. The Morgan fingerprint density at radius 2 is 1.78 bits per heavy atom. The lowest BCUT2D eigenvalue weighted by molar-refractivity contribution is 0.122. The average Bonchev–Trinajstić information content (AvgIpc) is 3.29. The molecule has 0 bridgehead atoms. The van der Waals surface area contributed by atoms with E-state index >= 15 is 0 Å². The maximum Gasteiger partial charge on any atom is 0.409 e. The molecule has 186 valence electrons. The molecule has 4 aromatic rings. The second kappa shape index (κ2) is 9.70. The van der Waals surface area contributed by atoms with Gasteiger partial charge in [0, 0.05) is 24.3 Å². The first-order valence-electron chi connectivity index (χ1n) is 11.0. The Balaban J connectivity index is 1.69. The zero-order chi connectivity index (χ0) is 25.2. The van der Waals surface area contributed by atoms with E-state index in [1.54, 1.807) is 42.5 Å². The van der Waals surface area contributed by atoms with Crippen molar-refractivity contribution in [3.8, 4) is 23.1 Å². The van der Waals surface area contributed by atoms with Gasteiger partial charge in [-0.1, -0.05) is 6.07 Å². The third-order valence-corrected chi connectivity index (χ3v) is 5.59. The topological polar surface area (TPSA) is 128 Å². The summed E-state index contributed by atoms with van der Waals surface area (Å²) in [6.45, 7) is 1.98. The van der Waals surface area contributed by atoms with E-state index in [4.69, 9.17) is 14.6 Å². The number of nitrogens with zero attached hydrogens (tertiary/aromatic N) is 6. The molecule has 1 aliphatic heterocycles. The summed E-state index contributed by atoms with van der Waals surface area (Å²) in [5.74, 6) is 0.322. The van der Waals surface area contributed by atoms with Crippen molar-refractivity contribution in [3.63, 3.8) is 0 Å². The maximum atomic E-state index is 14.1. The van der Waals surface area contributed by atoms with Crippen LogP contribution in [0.3, 0.4) is 0 Å². The predicted octanol–water partition coefficient (Wildman–Crippen LogP) is 3.75. The van der Waals surface area contributed by atoms with Crippen LogP contribution in [0, 0.1) is 0 Å². The number of amides is 1. The molecule has 1 saturated heterocycles. The Kier molecular flexibility index (Phi) is 6.29. The normalized spacial score (nSPS) is 13.8. The number of para-hydroxylation sites is 1. The minimum Gasteiger partial charge on any atom is -0.494 e. The van der Waals surface area contributed by atoms with Gasteiger partial charge in [-0.15, -0.1) is 0 Å². The van der Waals surface area contributed by atoms with Gasteiger partial charge in [0.05, 0.1) is 25.8 Å². The third kappa shape index (κ3) is 4.47. The van der Waals surface area contributed by atoms with Crippen LogP contribution in [0.25, 0.3) is 28.4 Å². The van der Waals surface area contributed by atoms with Crippen molar-refractivity contribution in [2.45, 2.75) is 6.43 Å². The molecule has 2 N–H and O–H groups in total. The van der Waals surface area contributed by atoms with Crippen molar-refractivity contribution in [2.24, 2.45) is 0 Å². The molecule has 0 spiro atoms. The van der Waals surface area contributed by atoms with Gasteiger partial charge in [0.15, 0.2) is 11.6 Å². The van der Waals surface area contributed by atoms with Crippen molar-refractivity contribution in [3.05, 3.63) is 48.3 Å². The molecule has 0 atom stereocenters. The molecular formula is C23H21F2N7O4. The molecule has 0 saturated carbocycles. The zero-order valence-corrected chi connectivity index (χ0v) is 19.1. The van der Waals surface area contributed by atoms with Gasteiger partial charge in [-0.05, 0) is 36.4 Å². The fourth-order valence-corrected chi connectivity index (χ4v) is 3.93. The Morgan fingerprint density at radius 3 is 2.44 bits per heavy atom. The van der Waals surface area contributed by atoms with Gasteiger partial charge in [0.25, 0.3) is 6.43 Å². The van der Waals surface area contributed by atoms with E-state index in [1.165, 1.54) is 11.7 Å². The first-order chi connectivity index (χ1) is 17.4. The molecule has 0 aliphatic carbocycles. The van der Waals surface area contributed by atoms with Gasteiger partial charge in [-0.25, -0.2) is 18.6 Å². The van der Waals surface area contributed by atoms with E-state index in [2.05, 4.69) is 25.3 Å². The van der Waals surface area contributed by atoms with E-state index in [1.807, 2.05) is 4.90 Å².